The van der Waals surface area contributed by atoms with Crippen molar-refractivity contribution in [3.05, 3.63) is 139 Å². The maximum absolute atomic E-state index is 14.3. The van der Waals surface area contributed by atoms with E-state index in [1.165, 1.54) is 33.4 Å². The SMILES string of the molecule is CCC1=C(C)c2cc3nc4cc5[nH]c(cc6[nH]c(cc1n2)c(C)c6CCNC(=O)CCc1c(C)c2cc6nc(cc7nc(cc8[nH]c(cc1[nH]2)c(C)c8CC)C(C)=C7CCC(=O)NCC3=C4C)C(C)=C6CC)c(C)c5CC. The van der Waals surface area contributed by atoms with Gasteiger partial charge in [-0.05, 0) is 232 Å². The van der Waals surface area contributed by atoms with Gasteiger partial charge in [0.15, 0.2) is 0 Å². The molecular formula is C65H72N10O2. The number of carbonyl (C=O) groups excluding carboxylic acids is 2. The molecule has 12 nitrogen and oxygen atoms in total. The number of nitrogens with one attached hydrogen (secondary N) is 6. The first-order chi connectivity index (χ1) is 37.1. The number of rotatable bonds is 4. The fraction of sp³-hybridized carbons (Fsp3) is 0.354. The Morgan fingerprint density at radius 2 is 0.766 bits per heavy atom. The van der Waals surface area contributed by atoms with Crippen LogP contribution in [0.15, 0.2) is 48.5 Å². The number of hydrogen-bond donors (Lipinski definition) is 6. The zero-order chi connectivity index (χ0) is 54.1. The quantitative estimate of drug-likeness (QED) is 0.103. The molecule has 0 aromatic carbocycles. The minimum absolute atomic E-state index is 0.00880. The summed E-state index contributed by atoms with van der Waals surface area (Å²) >= 11 is 0. The molecule has 20 bridgehead atoms. The smallest absolute Gasteiger partial charge is 0.220 e. The number of carbonyl (C=O) groups is 2. The van der Waals surface area contributed by atoms with E-state index in [9.17, 15) is 9.59 Å². The lowest BCUT2D eigenvalue weighted by molar-refractivity contribution is -0.121. The third kappa shape index (κ3) is 9.08. The molecule has 12 rings (SSSR count). The van der Waals surface area contributed by atoms with E-state index in [0.29, 0.717) is 38.8 Å². The Morgan fingerprint density at radius 3 is 1.27 bits per heavy atom. The summed E-state index contributed by atoms with van der Waals surface area (Å²) in [5.74, 6) is -0.0388. The average molecular weight is 1030 g/mol. The summed E-state index contributed by atoms with van der Waals surface area (Å²) in [4.78, 5) is 65.0. The Labute approximate surface area is 451 Å². The fourth-order valence-electron chi connectivity index (χ4n) is 12.6. The third-order valence-corrected chi connectivity index (χ3v) is 17.4. The molecule has 6 aliphatic heterocycles. The predicted octanol–water partition coefficient (Wildman–Crippen LogP) is 14.0. The molecule has 6 aliphatic rings. The molecule has 0 saturated heterocycles. The molecule has 0 unspecified atom stereocenters. The Balaban J connectivity index is 1.12. The van der Waals surface area contributed by atoms with Crippen LogP contribution in [0, 0.1) is 27.7 Å². The molecular weight excluding hydrogens is 953 g/mol. The van der Waals surface area contributed by atoms with E-state index in [2.05, 4.69) is 162 Å². The van der Waals surface area contributed by atoms with Crippen LogP contribution in [-0.4, -0.2) is 64.8 Å². The van der Waals surface area contributed by atoms with Crippen molar-refractivity contribution in [2.45, 2.75) is 141 Å². The van der Waals surface area contributed by atoms with Crippen molar-refractivity contribution in [3.8, 4) is 0 Å². The van der Waals surface area contributed by atoms with E-state index >= 15 is 0 Å². The summed E-state index contributed by atoms with van der Waals surface area (Å²) in [5.41, 5.74) is 32.8. The van der Waals surface area contributed by atoms with Crippen molar-refractivity contribution >= 4 is 101 Å². The molecule has 0 fully saturated rings. The normalized spacial score (nSPS) is 15.7. The number of nitrogens with zero attached hydrogens (tertiary/aromatic N) is 4. The van der Waals surface area contributed by atoms with Crippen LogP contribution < -0.4 is 10.6 Å². The molecule has 0 spiro atoms. The number of amides is 2. The second-order valence-electron chi connectivity index (χ2n) is 21.6. The molecule has 6 aromatic rings. The van der Waals surface area contributed by atoms with Crippen LogP contribution in [0.5, 0.6) is 0 Å². The summed E-state index contributed by atoms with van der Waals surface area (Å²) in [6.45, 7) is 26.8. The molecule has 0 saturated carbocycles. The number of aromatic amines is 4. The Bertz CT molecular complexity index is 4030. The first-order valence-corrected chi connectivity index (χ1v) is 27.9. The van der Waals surface area contributed by atoms with Gasteiger partial charge in [0, 0.05) is 75.6 Å². The first kappa shape index (κ1) is 51.3. The molecule has 0 radical (unpaired) electrons. The van der Waals surface area contributed by atoms with Gasteiger partial charge in [0.05, 0.1) is 45.6 Å². The van der Waals surface area contributed by atoms with Crippen LogP contribution in [0.3, 0.4) is 0 Å². The van der Waals surface area contributed by atoms with Crippen molar-refractivity contribution in [2.24, 2.45) is 0 Å². The number of hydrogen-bond acceptors (Lipinski definition) is 6. The van der Waals surface area contributed by atoms with Gasteiger partial charge in [-0.2, -0.15) is 0 Å². The minimum atomic E-state index is -0.0476. The standard InChI is InChI=1S/C65H72N10O2/c1-13-40-32(5)48-27-60-44-17-19-64(76)66-22-21-46-38(11)54-25-58-43(16-4)35(8)51(71-58)30-63-47(39(12)55(75-63)26-59-42(15-3)34(7)50(70-59)29-62(46)74-54)31-67-65(77)20-18-45-37(10)53(24-57(40)68-48)73-61(45)28-49-33(6)41(14-2)56(69-49)23-52(72-60)36(44)9/h23-30,68,70,72,74H,13-22,31H2,1-12H3,(H,66,76)(H,67,77). The molecule has 2 amide bonds. The molecule has 12 heterocycles. The molecule has 77 heavy (non-hydrogen) atoms. The second kappa shape index (κ2) is 20.3. The van der Waals surface area contributed by atoms with Crippen molar-refractivity contribution in [3.63, 3.8) is 0 Å². The molecule has 12 heteroatoms. The minimum Gasteiger partial charge on any atom is -0.356 e. The predicted molar refractivity (Wildman–Crippen MR) is 318 cm³/mol. The van der Waals surface area contributed by atoms with E-state index in [1.54, 1.807) is 0 Å². The van der Waals surface area contributed by atoms with Crippen molar-refractivity contribution < 1.29 is 9.59 Å². The topological polar surface area (TPSA) is 173 Å². The highest BCUT2D eigenvalue weighted by Crippen LogP contribution is 2.40. The van der Waals surface area contributed by atoms with Crippen LogP contribution in [0.4, 0.5) is 0 Å². The lowest BCUT2D eigenvalue weighted by Crippen LogP contribution is -2.26. The summed E-state index contributed by atoms with van der Waals surface area (Å²) in [6, 6.07) is 17.4. The molecule has 0 aliphatic carbocycles. The van der Waals surface area contributed by atoms with Crippen LogP contribution >= 0.6 is 0 Å². The second-order valence-corrected chi connectivity index (χ2v) is 21.6. The maximum Gasteiger partial charge on any atom is 0.220 e. The van der Waals surface area contributed by atoms with Crippen LogP contribution in [0.2, 0.25) is 0 Å². The number of aryl methyl sites for hydroxylation is 7. The summed E-state index contributed by atoms with van der Waals surface area (Å²) < 4.78 is 0. The van der Waals surface area contributed by atoms with Gasteiger partial charge in [-0.15, -0.1) is 0 Å². The molecule has 394 valence electrons. The van der Waals surface area contributed by atoms with Gasteiger partial charge < -0.3 is 30.6 Å². The highest BCUT2D eigenvalue weighted by Gasteiger charge is 2.25. The Kier molecular flexibility index (Phi) is 13.5. The summed E-state index contributed by atoms with van der Waals surface area (Å²) in [6.07, 6.45) is 5.57. The zero-order valence-electron chi connectivity index (χ0n) is 47.0. The highest BCUT2D eigenvalue weighted by molar-refractivity contribution is 5.99. The van der Waals surface area contributed by atoms with E-state index in [-0.39, 0.29) is 18.2 Å². The largest absolute Gasteiger partial charge is 0.356 e. The summed E-state index contributed by atoms with van der Waals surface area (Å²) in [7, 11) is 0. The van der Waals surface area contributed by atoms with E-state index in [1.807, 2.05) is 0 Å². The molecule has 0 atom stereocenters. The van der Waals surface area contributed by atoms with E-state index in [4.69, 9.17) is 19.9 Å². The number of aromatic nitrogens is 8. The summed E-state index contributed by atoms with van der Waals surface area (Å²) in [5, 5.41) is 6.67. The van der Waals surface area contributed by atoms with Crippen LogP contribution in [-0.2, 0) is 35.3 Å². The van der Waals surface area contributed by atoms with Crippen molar-refractivity contribution in [2.75, 3.05) is 13.1 Å². The molecule has 6 N–H and O–H groups in total. The average Bonchev–Trinajstić information content (AvgIpc) is 4.31. The highest BCUT2D eigenvalue weighted by atomic mass is 16.2. The fourth-order valence-corrected chi connectivity index (χ4v) is 12.6. The van der Waals surface area contributed by atoms with Crippen LogP contribution in [0.25, 0.3) is 88.7 Å². The third-order valence-electron chi connectivity index (χ3n) is 17.4. The maximum atomic E-state index is 14.3. The van der Waals surface area contributed by atoms with Gasteiger partial charge >= 0.3 is 0 Å². The number of H-pyrrole nitrogens is 4. The Hall–Kier alpha value is -7.86. The van der Waals surface area contributed by atoms with E-state index < -0.39 is 0 Å². The van der Waals surface area contributed by atoms with Crippen molar-refractivity contribution in [1.82, 2.24) is 50.5 Å². The zero-order valence-corrected chi connectivity index (χ0v) is 47.0. The molecule has 6 aromatic heterocycles. The Morgan fingerprint density at radius 1 is 0.364 bits per heavy atom. The van der Waals surface area contributed by atoms with E-state index in [0.717, 1.165) is 171 Å². The van der Waals surface area contributed by atoms with Gasteiger partial charge in [-0.25, -0.2) is 19.9 Å². The van der Waals surface area contributed by atoms with Gasteiger partial charge in [-0.1, -0.05) is 27.7 Å². The monoisotopic (exact) mass is 1020 g/mol. The number of fused-ring (bicyclic) bond motifs is 9. The lowest BCUT2D eigenvalue weighted by Gasteiger charge is -2.09. The van der Waals surface area contributed by atoms with Gasteiger partial charge in [0.2, 0.25) is 11.8 Å². The first-order valence-electron chi connectivity index (χ1n) is 27.9. The van der Waals surface area contributed by atoms with Crippen molar-refractivity contribution in [1.29, 1.82) is 0 Å². The lowest BCUT2D eigenvalue weighted by atomic mass is 9.99. The van der Waals surface area contributed by atoms with Gasteiger partial charge in [0.25, 0.3) is 0 Å². The van der Waals surface area contributed by atoms with Crippen LogP contribution in [0.1, 0.15) is 178 Å². The van der Waals surface area contributed by atoms with Gasteiger partial charge in [-0.3, -0.25) is 9.59 Å². The number of allylic oxidation sites excluding steroid dienone is 7. The van der Waals surface area contributed by atoms with Gasteiger partial charge in [0.1, 0.15) is 0 Å².